The summed E-state index contributed by atoms with van der Waals surface area (Å²) in [4.78, 5) is 16.5. The monoisotopic (exact) mass is 363 g/mol. The summed E-state index contributed by atoms with van der Waals surface area (Å²) in [5.74, 6) is 0. The minimum absolute atomic E-state index is 0.196. The van der Waals surface area contributed by atoms with Gasteiger partial charge < -0.3 is 0 Å². The molecule has 21 heavy (non-hydrogen) atoms. The van der Waals surface area contributed by atoms with Gasteiger partial charge in [-0.15, -0.1) is 5.10 Å². The Morgan fingerprint density at radius 3 is 2.90 bits per heavy atom. The maximum absolute atomic E-state index is 11.7. The lowest BCUT2D eigenvalue weighted by molar-refractivity contribution is 0.890. The van der Waals surface area contributed by atoms with E-state index in [0.717, 1.165) is 10.0 Å². The molecule has 0 atom stereocenters. The van der Waals surface area contributed by atoms with E-state index in [1.165, 1.54) is 21.9 Å². The molecule has 0 unspecified atom stereocenters. The molecule has 6 nitrogen and oxygen atoms in total. The van der Waals surface area contributed by atoms with Gasteiger partial charge in [-0.2, -0.15) is 9.62 Å². The Morgan fingerprint density at radius 1 is 1.38 bits per heavy atom. The number of aromatic nitrogens is 3. The van der Waals surface area contributed by atoms with E-state index in [9.17, 15) is 4.79 Å². The van der Waals surface area contributed by atoms with Gasteiger partial charge in [0.25, 0.3) is 5.56 Å². The Balaban J connectivity index is 1.80. The summed E-state index contributed by atoms with van der Waals surface area (Å²) in [5.41, 5.74) is 4.24. The molecular formula is C13H10BrN5OS. The predicted octanol–water partition coefficient (Wildman–Crippen LogP) is 2.67. The third-order valence-corrected chi connectivity index (χ3v) is 3.96. The summed E-state index contributed by atoms with van der Waals surface area (Å²) in [7, 11) is 0. The lowest BCUT2D eigenvalue weighted by Gasteiger charge is -1.94. The maximum Gasteiger partial charge on any atom is 0.275 e. The van der Waals surface area contributed by atoms with Gasteiger partial charge in [-0.05, 0) is 24.6 Å². The SMILES string of the molecule is Cc1cc(=O)n2nc(NN=Cc3ccc(Br)cc3)sc2n1. The van der Waals surface area contributed by atoms with E-state index in [2.05, 4.69) is 36.5 Å². The molecule has 0 saturated carbocycles. The summed E-state index contributed by atoms with van der Waals surface area (Å²) < 4.78 is 2.27. The summed E-state index contributed by atoms with van der Waals surface area (Å²) in [6, 6.07) is 9.18. The van der Waals surface area contributed by atoms with Gasteiger partial charge in [-0.1, -0.05) is 39.4 Å². The van der Waals surface area contributed by atoms with Crippen LogP contribution in [-0.4, -0.2) is 20.8 Å². The number of hydrogen-bond donors (Lipinski definition) is 1. The predicted molar refractivity (Wildman–Crippen MR) is 87.2 cm³/mol. The van der Waals surface area contributed by atoms with Gasteiger partial charge in [0.1, 0.15) is 0 Å². The molecule has 1 aromatic carbocycles. The van der Waals surface area contributed by atoms with Gasteiger partial charge in [0.05, 0.1) is 6.21 Å². The third-order valence-electron chi connectivity index (χ3n) is 2.62. The number of rotatable bonds is 3. The number of halogens is 1. The molecule has 0 aliphatic heterocycles. The number of anilines is 1. The van der Waals surface area contributed by atoms with Crippen molar-refractivity contribution in [1.82, 2.24) is 14.6 Å². The fourth-order valence-electron chi connectivity index (χ4n) is 1.68. The highest BCUT2D eigenvalue weighted by Gasteiger charge is 2.06. The standard InChI is InChI=1S/C13H10BrN5OS/c1-8-6-11(20)19-13(16-8)21-12(18-19)17-15-7-9-2-4-10(14)5-3-9/h2-7H,1H3,(H,17,18). The van der Waals surface area contributed by atoms with Crippen LogP contribution in [0, 0.1) is 6.92 Å². The average Bonchev–Trinajstić information content (AvgIpc) is 2.84. The highest BCUT2D eigenvalue weighted by atomic mass is 79.9. The number of hydrogen-bond acceptors (Lipinski definition) is 6. The van der Waals surface area contributed by atoms with Gasteiger partial charge in [-0.3, -0.25) is 10.2 Å². The molecule has 0 bridgehead atoms. The van der Waals surface area contributed by atoms with Crippen LogP contribution in [0.15, 0.2) is 44.7 Å². The summed E-state index contributed by atoms with van der Waals surface area (Å²) in [6.45, 7) is 1.78. The summed E-state index contributed by atoms with van der Waals surface area (Å²) in [5, 5.41) is 8.74. The Bertz CT molecular complexity index is 868. The zero-order valence-corrected chi connectivity index (χ0v) is 13.3. The second-order valence-electron chi connectivity index (χ2n) is 4.26. The Labute approximate surface area is 132 Å². The van der Waals surface area contributed by atoms with E-state index in [1.54, 1.807) is 13.1 Å². The van der Waals surface area contributed by atoms with Crippen LogP contribution in [0.4, 0.5) is 5.13 Å². The third kappa shape index (κ3) is 3.17. The minimum atomic E-state index is -0.196. The van der Waals surface area contributed by atoms with Crippen molar-refractivity contribution in [3.8, 4) is 0 Å². The zero-order chi connectivity index (χ0) is 14.8. The molecule has 2 heterocycles. The van der Waals surface area contributed by atoms with Crippen molar-refractivity contribution >= 4 is 43.6 Å². The average molecular weight is 364 g/mol. The van der Waals surface area contributed by atoms with E-state index in [1.807, 2.05) is 24.3 Å². The van der Waals surface area contributed by atoms with Crippen molar-refractivity contribution in [3.63, 3.8) is 0 Å². The van der Waals surface area contributed by atoms with Gasteiger partial charge >= 0.3 is 0 Å². The van der Waals surface area contributed by atoms with Crippen molar-refractivity contribution in [2.24, 2.45) is 5.10 Å². The molecule has 3 aromatic rings. The van der Waals surface area contributed by atoms with E-state index >= 15 is 0 Å². The molecule has 3 rings (SSSR count). The molecule has 0 spiro atoms. The van der Waals surface area contributed by atoms with Crippen molar-refractivity contribution < 1.29 is 0 Å². The van der Waals surface area contributed by atoms with Gasteiger partial charge in [0, 0.05) is 16.2 Å². The molecule has 0 radical (unpaired) electrons. The first-order valence-electron chi connectivity index (χ1n) is 6.04. The van der Waals surface area contributed by atoms with Crippen LogP contribution in [0.1, 0.15) is 11.3 Å². The molecule has 0 amide bonds. The van der Waals surface area contributed by atoms with E-state index in [4.69, 9.17) is 0 Å². The molecule has 0 aliphatic carbocycles. The second-order valence-corrected chi connectivity index (χ2v) is 6.13. The first-order chi connectivity index (χ1) is 10.1. The molecule has 0 fully saturated rings. The number of benzene rings is 1. The van der Waals surface area contributed by atoms with Crippen LogP contribution in [0.5, 0.6) is 0 Å². The van der Waals surface area contributed by atoms with Gasteiger partial charge in [-0.25, -0.2) is 4.98 Å². The van der Waals surface area contributed by atoms with Crippen LogP contribution in [0.3, 0.4) is 0 Å². The van der Waals surface area contributed by atoms with Crippen LogP contribution in [0.2, 0.25) is 0 Å². The number of nitrogens with one attached hydrogen (secondary N) is 1. The van der Waals surface area contributed by atoms with Crippen molar-refractivity contribution in [1.29, 1.82) is 0 Å². The lowest BCUT2D eigenvalue weighted by atomic mass is 10.2. The lowest BCUT2D eigenvalue weighted by Crippen LogP contribution is -2.14. The van der Waals surface area contributed by atoms with E-state index < -0.39 is 0 Å². The van der Waals surface area contributed by atoms with Crippen molar-refractivity contribution in [2.75, 3.05) is 5.43 Å². The molecule has 0 aliphatic rings. The minimum Gasteiger partial charge on any atom is -0.267 e. The smallest absolute Gasteiger partial charge is 0.267 e. The number of nitrogens with zero attached hydrogens (tertiary/aromatic N) is 4. The zero-order valence-electron chi connectivity index (χ0n) is 10.9. The fraction of sp³-hybridized carbons (Fsp3) is 0.0769. The summed E-state index contributed by atoms with van der Waals surface area (Å²) in [6.07, 6.45) is 1.68. The number of aryl methyl sites for hydroxylation is 1. The first-order valence-corrected chi connectivity index (χ1v) is 7.65. The maximum atomic E-state index is 11.7. The summed E-state index contributed by atoms with van der Waals surface area (Å²) >= 11 is 4.65. The van der Waals surface area contributed by atoms with Crippen LogP contribution < -0.4 is 11.0 Å². The van der Waals surface area contributed by atoms with E-state index in [0.29, 0.717) is 15.8 Å². The second kappa shape index (κ2) is 5.74. The van der Waals surface area contributed by atoms with Crippen LogP contribution in [-0.2, 0) is 0 Å². The number of fused-ring (bicyclic) bond motifs is 1. The molecule has 106 valence electrons. The number of hydrazone groups is 1. The molecule has 0 saturated heterocycles. The topological polar surface area (TPSA) is 71.7 Å². The van der Waals surface area contributed by atoms with Gasteiger partial charge in [0.15, 0.2) is 0 Å². The van der Waals surface area contributed by atoms with Crippen molar-refractivity contribution in [3.05, 3.63) is 56.4 Å². The normalized spacial score (nSPS) is 11.3. The van der Waals surface area contributed by atoms with Crippen molar-refractivity contribution in [2.45, 2.75) is 6.92 Å². The van der Waals surface area contributed by atoms with Gasteiger partial charge in [0.2, 0.25) is 10.1 Å². The molecule has 1 N–H and O–H groups in total. The fourth-order valence-corrected chi connectivity index (χ4v) is 2.74. The molecule has 2 aromatic heterocycles. The largest absolute Gasteiger partial charge is 0.275 e. The Kier molecular flexibility index (Phi) is 3.80. The van der Waals surface area contributed by atoms with E-state index in [-0.39, 0.29) is 5.56 Å². The molecule has 8 heteroatoms. The van der Waals surface area contributed by atoms with Crippen LogP contribution >= 0.6 is 27.3 Å². The quantitative estimate of drug-likeness (QED) is 0.573. The highest BCUT2D eigenvalue weighted by Crippen LogP contribution is 2.16. The molecular weight excluding hydrogens is 354 g/mol. The first kappa shape index (κ1) is 13.9. The van der Waals surface area contributed by atoms with Crippen LogP contribution in [0.25, 0.3) is 4.96 Å². The Hall–Kier alpha value is -2.06. The Morgan fingerprint density at radius 2 is 2.14 bits per heavy atom. The highest BCUT2D eigenvalue weighted by molar-refractivity contribution is 9.10.